The molecule has 6 rings (SSSR count). The maximum atomic E-state index is 13.5. The van der Waals surface area contributed by atoms with Gasteiger partial charge in [0, 0.05) is 30.4 Å². The molecular weight excluding hydrogens is 531 g/mol. The number of nitrogens with zero attached hydrogens (tertiary/aromatic N) is 5. The highest BCUT2D eigenvalue weighted by Crippen LogP contribution is 2.37. The molecule has 2 aliphatic rings. The van der Waals surface area contributed by atoms with Gasteiger partial charge in [-0.2, -0.15) is 13.2 Å². The SMILES string of the molecule is C=C1Nc2sccc2C(c2ccccc2)=NC1Nc1nnc(-c2ncc(C(F)(F)F)cc2N2CCOCC2)o1. The highest BCUT2D eigenvalue weighted by molar-refractivity contribution is 7.14. The number of hydrogen-bond donors (Lipinski definition) is 2. The van der Waals surface area contributed by atoms with Crippen molar-refractivity contribution in [1.82, 2.24) is 15.2 Å². The van der Waals surface area contributed by atoms with Crippen LogP contribution in [0.15, 0.2) is 75.7 Å². The van der Waals surface area contributed by atoms with E-state index in [1.165, 1.54) is 11.3 Å². The molecule has 1 saturated heterocycles. The second-order valence-electron chi connectivity index (χ2n) is 8.81. The van der Waals surface area contributed by atoms with Crippen molar-refractivity contribution in [2.24, 2.45) is 4.99 Å². The molecule has 0 amide bonds. The molecule has 0 aliphatic carbocycles. The maximum absolute atomic E-state index is 13.5. The number of thiophene rings is 1. The summed E-state index contributed by atoms with van der Waals surface area (Å²) in [6.07, 6.45) is -4.45. The summed E-state index contributed by atoms with van der Waals surface area (Å²) >= 11 is 1.53. The lowest BCUT2D eigenvalue weighted by Crippen LogP contribution is -2.36. The lowest BCUT2D eigenvalue weighted by atomic mass is 10.0. The summed E-state index contributed by atoms with van der Waals surface area (Å²) in [4.78, 5) is 10.7. The number of aliphatic imine (C=N–C) groups is 1. The lowest BCUT2D eigenvalue weighted by Gasteiger charge is -2.30. The number of pyridine rings is 1. The Labute approximate surface area is 225 Å². The number of halogens is 3. The normalized spacial score (nSPS) is 17.7. The fourth-order valence-electron chi connectivity index (χ4n) is 4.34. The van der Waals surface area contributed by atoms with Gasteiger partial charge in [-0.15, -0.1) is 16.4 Å². The van der Waals surface area contributed by atoms with Crippen LogP contribution in [-0.4, -0.2) is 53.4 Å². The molecule has 0 radical (unpaired) electrons. The third-order valence-corrected chi connectivity index (χ3v) is 7.09. The lowest BCUT2D eigenvalue weighted by molar-refractivity contribution is -0.137. The van der Waals surface area contributed by atoms with Gasteiger partial charge in [0.05, 0.1) is 35.9 Å². The first-order chi connectivity index (χ1) is 18.9. The predicted molar refractivity (Wildman–Crippen MR) is 142 cm³/mol. The van der Waals surface area contributed by atoms with Crippen molar-refractivity contribution in [2.45, 2.75) is 12.3 Å². The number of ether oxygens (including phenoxy) is 1. The molecule has 3 aromatic heterocycles. The summed E-state index contributed by atoms with van der Waals surface area (Å²) in [5.74, 6) is -0.0220. The Balaban J connectivity index is 1.33. The van der Waals surface area contributed by atoms with Crippen LogP contribution in [0.5, 0.6) is 0 Å². The monoisotopic (exact) mass is 553 g/mol. The number of alkyl halides is 3. The Morgan fingerprint density at radius 3 is 2.67 bits per heavy atom. The highest BCUT2D eigenvalue weighted by Gasteiger charge is 2.34. The first-order valence-corrected chi connectivity index (χ1v) is 12.9. The van der Waals surface area contributed by atoms with Gasteiger partial charge in [-0.3, -0.25) is 4.99 Å². The van der Waals surface area contributed by atoms with Crippen LogP contribution in [0.3, 0.4) is 0 Å². The van der Waals surface area contributed by atoms with Crippen LogP contribution in [0.2, 0.25) is 0 Å². The Kier molecular flexibility index (Phi) is 6.53. The quantitative estimate of drug-likeness (QED) is 0.345. The number of nitrogens with one attached hydrogen (secondary N) is 2. The molecule has 5 heterocycles. The molecule has 0 spiro atoms. The van der Waals surface area contributed by atoms with Crippen LogP contribution in [0.1, 0.15) is 16.7 Å². The van der Waals surface area contributed by atoms with Crippen molar-refractivity contribution in [3.63, 3.8) is 0 Å². The van der Waals surface area contributed by atoms with Crippen LogP contribution >= 0.6 is 11.3 Å². The van der Waals surface area contributed by atoms with Crippen molar-refractivity contribution in [2.75, 3.05) is 41.8 Å². The summed E-state index contributed by atoms with van der Waals surface area (Å²) in [5, 5.41) is 17.4. The average Bonchev–Trinajstić information content (AvgIpc) is 3.58. The zero-order chi connectivity index (χ0) is 27.0. The molecule has 39 heavy (non-hydrogen) atoms. The van der Waals surface area contributed by atoms with Gasteiger partial charge in [0.2, 0.25) is 0 Å². The van der Waals surface area contributed by atoms with Crippen LogP contribution in [0.25, 0.3) is 11.6 Å². The third kappa shape index (κ3) is 5.10. The highest BCUT2D eigenvalue weighted by atomic mass is 32.1. The molecule has 1 fully saturated rings. The minimum atomic E-state index is -4.54. The van der Waals surface area contributed by atoms with E-state index < -0.39 is 17.9 Å². The van der Waals surface area contributed by atoms with E-state index in [2.05, 4.69) is 32.4 Å². The van der Waals surface area contributed by atoms with Crippen LogP contribution < -0.4 is 15.5 Å². The number of morpholine rings is 1. The molecule has 2 N–H and O–H groups in total. The van der Waals surface area contributed by atoms with E-state index in [1.807, 2.05) is 41.8 Å². The van der Waals surface area contributed by atoms with E-state index >= 15 is 0 Å². The number of benzene rings is 1. The molecule has 0 bridgehead atoms. The van der Waals surface area contributed by atoms with E-state index in [9.17, 15) is 13.2 Å². The summed E-state index contributed by atoms with van der Waals surface area (Å²) in [6, 6.07) is 12.8. The molecule has 200 valence electrons. The molecule has 1 unspecified atom stereocenters. The van der Waals surface area contributed by atoms with E-state index in [0.29, 0.717) is 32.0 Å². The Morgan fingerprint density at radius 1 is 1.10 bits per heavy atom. The van der Waals surface area contributed by atoms with Crippen molar-refractivity contribution < 1.29 is 22.3 Å². The van der Waals surface area contributed by atoms with Crippen molar-refractivity contribution >= 4 is 33.8 Å². The van der Waals surface area contributed by atoms with E-state index in [-0.39, 0.29) is 23.3 Å². The van der Waals surface area contributed by atoms with Gasteiger partial charge in [0.1, 0.15) is 5.00 Å². The minimum absolute atomic E-state index is 0.0220. The molecule has 13 heteroatoms. The fraction of sp³-hybridized carbons (Fsp3) is 0.231. The second-order valence-corrected chi connectivity index (χ2v) is 9.72. The fourth-order valence-corrected chi connectivity index (χ4v) is 5.16. The predicted octanol–water partition coefficient (Wildman–Crippen LogP) is 5.26. The molecule has 4 aromatic rings. The van der Waals surface area contributed by atoms with Crippen LogP contribution in [-0.2, 0) is 10.9 Å². The first kappa shape index (κ1) is 25.1. The Morgan fingerprint density at radius 2 is 1.90 bits per heavy atom. The first-order valence-electron chi connectivity index (χ1n) is 12.0. The molecule has 2 aliphatic heterocycles. The van der Waals surface area contributed by atoms with E-state index in [4.69, 9.17) is 14.1 Å². The zero-order valence-corrected chi connectivity index (χ0v) is 21.2. The standard InChI is InChI=1S/C26H22F3N7O2S/c1-15-22(32-20(16-5-3-2-4-6-16)18-7-12-39-24(18)31-15)33-25-35-34-23(38-25)21-19(36-8-10-37-11-9-36)13-17(14-30-21)26(27,28)29/h2-7,12-14,22,31H,1,8-11H2,(H,33,35). The topological polar surface area (TPSA) is 101 Å². The van der Waals surface area contributed by atoms with Crippen LogP contribution in [0, 0.1) is 0 Å². The maximum Gasteiger partial charge on any atom is 0.417 e. The largest absolute Gasteiger partial charge is 0.417 e. The summed E-state index contributed by atoms with van der Waals surface area (Å²) in [5.41, 5.74) is 2.72. The van der Waals surface area contributed by atoms with Gasteiger partial charge in [0.25, 0.3) is 5.89 Å². The summed E-state index contributed by atoms with van der Waals surface area (Å²) < 4.78 is 51.6. The third-order valence-electron chi connectivity index (χ3n) is 6.26. The number of aromatic nitrogens is 3. The van der Waals surface area contributed by atoms with Crippen molar-refractivity contribution in [3.8, 4) is 11.6 Å². The molecule has 1 aromatic carbocycles. The second kappa shape index (κ2) is 10.2. The van der Waals surface area contributed by atoms with Gasteiger partial charge >= 0.3 is 12.2 Å². The molecular formula is C26H22F3N7O2S. The van der Waals surface area contributed by atoms with Gasteiger partial charge in [-0.25, -0.2) is 4.98 Å². The minimum Gasteiger partial charge on any atom is -0.402 e. The number of fused-ring (bicyclic) bond motifs is 1. The van der Waals surface area contributed by atoms with Gasteiger partial charge in [-0.05, 0) is 17.5 Å². The smallest absolute Gasteiger partial charge is 0.402 e. The Bertz CT molecular complexity index is 1530. The number of rotatable bonds is 5. The Hall–Kier alpha value is -4.23. The number of hydrogen-bond acceptors (Lipinski definition) is 10. The number of anilines is 3. The summed E-state index contributed by atoms with van der Waals surface area (Å²) in [7, 11) is 0. The van der Waals surface area contributed by atoms with E-state index in [0.717, 1.165) is 34.1 Å². The summed E-state index contributed by atoms with van der Waals surface area (Å²) in [6.45, 7) is 5.71. The van der Waals surface area contributed by atoms with E-state index in [1.54, 1.807) is 4.90 Å². The molecule has 9 nitrogen and oxygen atoms in total. The molecule has 1 atom stereocenters. The van der Waals surface area contributed by atoms with Crippen molar-refractivity contribution in [1.29, 1.82) is 0 Å². The molecule has 0 saturated carbocycles. The van der Waals surface area contributed by atoms with Gasteiger partial charge in [0.15, 0.2) is 11.9 Å². The van der Waals surface area contributed by atoms with Gasteiger partial charge < -0.3 is 24.7 Å². The zero-order valence-electron chi connectivity index (χ0n) is 20.4. The van der Waals surface area contributed by atoms with Gasteiger partial charge in [-0.1, -0.05) is 42.0 Å². The van der Waals surface area contributed by atoms with Crippen molar-refractivity contribution in [3.05, 3.63) is 83.0 Å². The average molecular weight is 554 g/mol. The van der Waals surface area contributed by atoms with Crippen LogP contribution in [0.4, 0.5) is 29.9 Å².